The van der Waals surface area contributed by atoms with Crippen LogP contribution in [0.4, 0.5) is 4.39 Å². The quantitative estimate of drug-likeness (QED) is 0.460. The zero-order chi connectivity index (χ0) is 23.2. The van der Waals surface area contributed by atoms with E-state index in [0.717, 1.165) is 11.1 Å². The summed E-state index contributed by atoms with van der Waals surface area (Å²) in [6, 6.07) is 5.01. The minimum atomic E-state index is -1.22. The molecule has 3 heteroatoms. The second kappa shape index (κ2) is 15.1. The highest BCUT2D eigenvalue weighted by molar-refractivity contribution is 8.25. The van der Waals surface area contributed by atoms with Crippen LogP contribution in [-0.2, 0) is 6.54 Å². The van der Waals surface area contributed by atoms with Crippen LogP contribution in [0.2, 0.25) is 0 Å². The summed E-state index contributed by atoms with van der Waals surface area (Å²) in [4.78, 5) is 0. The highest BCUT2D eigenvalue weighted by Crippen LogP contribution is 2.43. The molecule has 28 heavy (non-hydrogen) atoms. The van der Waals surface area contributed by atoms with Crippen molar-refractivity contribution >= 4 is 21.1 Å². The van der Waals surface area contributed by atoms with E-state index < -0.39 is 9.39 Å². The molecule has 0 fully saturated rings. The molecule has 1 N–H and O–H groups in total. The zero-order valence-corrected chi connectivity index (χ0v) is 21.9. The van der Waals surface area contributed by atoms with Gasteiger partial charge in [0.25, 0.3) is 0 Å². The first-order valence-electron chi connectivity index (χ1n) is 10.7. The summed E-state index contributed by atoms with van der Waals surface area (Å²) in [5, 5.41) is 0. The smallest absolute Gasteiger partial charge is 0.123 e. The molecule has 0 atom stereocenters. The second-order valence-corrected chi connectivity index (χ2v) is 11.0. The van der Waals surface area contributed by atoms with Crippen LogP contribution in [-0.4, -0.2) is 18.0 Å². The van der Waals surface area contributed by atoms with Crippen LogP contribution in [0.3, 0.4) is 0 Å². The summed E-state index contributed by atoms with van der Waals surface area (Å²) in [6.07, 6.45) is 4.50. The fourth-order valence-corrected chi connectivity index (χ4v) is 2.64. The van der Waals surface area contributed by atoms with Crippen LogP contribution >= 0.6 is 9.39 Å². The molecule has 1 aromatic carbocycles. The Kier molecular flexibility index (Phi) is 17.2. The Hall–Kier alpha value is -0.800. The molecule has 1 nitrogen and oxygen atoms in total. The summed E-state index contributed by atoms with van der Waals surface area (Å²) in [7, 11) is -1.22. The first kappa shape index (κ1) is 31.9. The molecule has 0 radical (unpaired) electrons. The molecule has 168 valence electrons. The van der Waals surface area contributed by atoms with E-state index in [9.17, 15) is 4.39 Å². The monoisotopic (exact) mass is 415 g/mol. The topological polar surface area (TPSA) is 12.0 Å². The average molecular weight is 416 g/mol. The Morgan fingerprint density at radius 1 is 0.893 bits per heavy atom. The standard InChI is InChI=1S/C11H16FNS.C10H22.2C2H6/c1-9-5-10(7-11(12)6-9)8-13-14(2,3)4;1-7-9(3,4)10(5,6)8-2;2*1-2/h5-7,13H,2-3,8H2,1,4H3;7-8H2,1-6H3;2*1-2H3. The summed E-state index contributed by atoms with van der Waals surface area (Å²) >= 11 is 0. The minimum absolute atomic E-state index is 0.188. The van der Waals surface area contributed by atoms with Gasteiger partial charge in [0.05, 0.1) is 0 Å². The predicted molar refractivity (Wildman–Crippen MR) is 137 cm³/mol. The first-order valence-corrected chi connectivity index (χ1v) is 13.1. The Morgan fingerprint density at radius 3 is 1.57 bits per heavy atom. The fourth-order valence-electron chi connectivity index (χ4n) is 2.13. The highest BCUT2D eigenvalue weighted by atomic mass is 32.2. The van der Waals surface area contributed by atoms with Crippen LogP contribution in [0.5, 0.6) is 0 Å². The van der Waals surface area contributed by atoms with Gasteiger partial charge in [0, 0.05) is 6.54 Å². The van der Waals surface area contributed by atoms with Crippen LogP contribution in [0.1, 0.15) is 93.2 Å². The van der Waals surface area contributed by atoms with Gasteiger partial charge in [-0.15, -0.1) is 0 Å². The van der Waals surface area contributed by atoms with Crippen molar-refractivity contribution in [3.63, 3.8) is 0 Å². The van der Waals surface area contributed by atoms with Gasteiger partial charge in [0.2, 0.25) is 0 Å². The number of halogens is 1. The normalized spacial score (nSPS) is 11.2. The van der Waals surface area contributed by atoms with Crippen LogP contribution in [0, 0.1) is 23.6 Å². The van der Waals surface area contributed by atoms with Crippen LogP contribution < -0.4 is 4.72 Å². The average Bonchev–Trinajstić information content (AvgIpc) is 2.62. The number of benzene rings is 1. The molecule has 0 aliphatic rings. The maximum atomic E-state index is 13.0. The van der Waals surface area contributed by atoms with Crippen molar-refractivity contribution in [1.82, 2.24) is 4.72 Å². The Balaban J connectivity index is -0.000000394. The van der Waals surface area contributed by atoms with Gasteiger partial charge in [-0.3, -0.25) is 4.72 Å². The Bertz CT molecular complexity index is 579. The molecule has 0 aliphatic heterocycles. The fraction of sp³-hybridized carbons (Fsp3) is 0.680. The molecule has 1 rings (SSSR count). The Labute approximate surface area is 178 Å². The first-order chi connectivity index (χ1) is 12.7. The van der Waals surface area contributed by atoms with Gasteiger partial charge < -0.3 is 0 Å². The summed E-state index contributed by atoms with van der Waals surface area (Å²) in [5.41, 5.74) is 2.85. The lowest BCUT2D eigenvalue weighted by Gasteiger charge is -2.40. The molecule has 0 saturated carbocycles. The predicted octanol–water partition coefficient (Wildman–Crippen LogP) is 8.35. The minimum Gasteiger partial charge on any atom is -0.271 e. The van der Waals surface area contributed by atoms with E-state index in [1.807, 2.05) is 46.9 Å². The van der Waals surface area contributed by atoms with Gasteiger partial charge in [0.15, 0.2) is 0 Å². The molecular weight excluding hydrogens is 365 g/mol. The third-order valence-corrected chi connectivity index (χ3v) is 6.17. The number of rotatable bonds is 6. The molecule has 1 aromatic rings. The molecule has 0 aromatic heterocycles. The molecule has 0 unspecified atom stereocenters. The molecule has 0 bridgehead atoms. The van der Waals surface area contributed by atoms with Crippen molar-refractivity contribution in [1.29, 1.82) is 0 Å². The second-order valence-electron chi connectivity index (χ2n) is 8.21. The van der Waals surface area contributed by atoms with E-state index in [2.05, 4.69) is 58.0 Å². The maximum absolute atomic E-state index is 13.0. The van der Waals surface area contributed by atoms with Crippen molar-refractivity contribution in [2.75, 3.05) is 6.26 Å². The van der Waals surface area contributed by atoms with E-state index in [-0.39, 0.29) is 5.82 Å². The van der Waals surface area contributed by atoms with Crippen molar-refractivity contribution in [2.24, 2.45) is 10.8 Å². The molecule has 0 spiro atoms. The molecular formula is C25H50FNS. The van der Waals surface area contributed by atoms with E-state index >= 15 is 0 Å². The van der Waals surface area contributed by atoms with Crippen LogP contribution in [0.15, 0.2) is 18.2 Å². The number of hydrogen-bond donors (Lipinski definition) is 1. The van der Waals surface area contributed by atoms with Gasteiger partial charge in [-0.1, -0.05) is 99.9 Å². The van der Waals surface area contributed by atoms with E-state index in [4.69, 9.17) is 0 Å². The van der Waals surface area contributed by atoms with Gasteiger partial charge in [-0.25, -0.2) is 4.39 Å². The van der Waals surface area contributed by atoms with Crippen molar-refractivity contribution in [2.45, 2.75) is 95.5 Å². The van der Waals surface area contributed by atoms with Gasteiger partial charge in [-0.05, 0) is 47.3 Å². The summed E-state index contributed by atoms with van der Waals surface area (Å²) in [5.74, 6) is 7.61. The van der Waals surface area contributed by atoms with Crippen molar-refractivity contribution < 1.29 is 4.39 Å². The largest absolute Gasteiger partial charge is 0.271 e. The molecule has 0 aliphatic carbocycles. The Morgan fingerprint density at radius 2 is 1.29 bits per heavy atom. The van der Waals surface area contributed by atoms with Gasteiger partial charge in [0.1, 0.15) is 5.82 Å². The number of hydrogen-bond acceptors (Lipinski definition) is 1. The molecule has 0 saturated heterocycles. The molecule has 0 amide bonds. The number of aryl methyl sites for hydroxylation is 1. The SMILES string of the molecule is C=S(=C)(C)NCc1cc(C)cc(F)c1.CC.CC.CCC(C)(C)C(C)(C)CC. The van der Waals surface area contributed by atoms with E-state index in [1.165, 1.54) is 25.0 Å². The summed E-state index contributed by atoms with van der Waals surface area (Å²) in [6.45, 7) is 24.5. The van der Waals surface area contributed by atoms with Gasteiger partial charge in [-0.2, -0.15) is 9.39 Å². The highest BCUT2D eigenvalue weighted by Gasteiger charge is 2.33. The lowest BCUT2D eigenvalue weighted by Crippen LogP contribution is -2.30. The maximum Gasteiger partial charge on any atom is 0.123 e. The number of nitrogens with one attached hydrogen (secondary N) is 1. The van der Waals surface area contributed by atoms with E-state index in [1.54, 1.807) is 0 Å². The lowest BCUT2D eigenvalue weighted by molar-refractivity contribution is 0.0998. The summed E-state index contributed by atoms with van der Waals surface area (Å²) < 4.78 is 16.2. The third-order valence-electron chi connectivity index (χ3n) is 5.33. The lowest BCUT2D eigenvalue weighted by atomic mass is 9.65. The molecule has 0 heterocycles. The van der Waals surface area contributed by atoms with Crippen molar-refractivity contribution in [3.8, 4) is 0 Å². The zero-order valence-electron chi connectivity index (χ0n) is 21.1. The van der Waals surface area contributed by atoms with Crippen LogP contribution in [0.25, 0.3) is 0 Å². The van der Waals surface area contributed by atoms with E-state index in [0.29, 0.717) is 17.4 Å². The van der Waals surface area contributed by atoms with Gasteiger partial charge >= 0.3 is 0 Å². The van der Waals surface area contributed by atoms with Crippen molar-refractivity contribution in [3.05, 3.63) is 35.1 Å². The third kappa shape index (κ3) is 14.2.